The molecule has 0 saturated heterocycles. The van der Waals surface area contributed by atoms with Crippen molar-refractivity contribution in [3.63, 3.8) is 0 Å². The topological polar surface area (TPSA) is 39.1 Å². The van der Waals surface area contributed by atoms with Gasteiger partial charge in [-0.2, -0.15) is 5.10 Å². The number of ether oxygens (including phenoxy) is 1. The predicted octanol–water partition coefficient (Wildman–Crippen LogP) is 2.46. The molecule has 0 fully saturated rings. The lowest BCUT2D eigenvalue weighted by Crippen LogP contribution is -2.22. The summed E-state index contributed by atoms with van der Waals surface area (Å²) in [5, 5.41) is 7.67. The van der Waals surface area contributed by atoms with Crippen molar-refractivity contribution < 1.29 is 4.74 Å². The fourth-order valence-corrected chi connectivity index (χ4v) is 1.90. The van der Waals surface area contributed by atoms with E-state index in [0.717, 1.165) is 31.8 Å². The van der Waals surface area contributed by atoms with Crippen LogP contribution in [0.25, 0.3) is 0 Å². The second-order valence-corrected chi connectivity index (χ2v) is 4.38. The summed E-state index contributed by atoms with van der Waals surface area (Å²) in [7, 11) is 0. The molecule has 1 N–H and O–H groups in total. The van der Waals surface area contributed by atoms with E-state index in [1.165, 1.54) is 5.69 Å². The van der Waals surface area contributed by atoms with Crippen LogP contribution in [-0.2, 0) is 13.1 Å². The first-order valence-corrected chi connectivity index (χ1v) is 6.79. The smallest absolute Gasteiger partial charge is 0.119 e. The van der Waals surface area contributed by atoms with Crippen molar-refractivity contribution in [2.75, 3.05) is 13.2 Å². The zero-order valence-corrected chi connectivity index (χ0v) is 11.4. The second-order valence-electron chi connectivity index (χ2n) is 4.38. The van der Waals surface area contributed by atoms with Crippen molar-refractivity contribution >= 4 is 0 Å². The molecule has 0 radical (unpaired) electrons. The van der Waals surface area contributed by atoms with E-state index in [1.54, 1.807) is 0 Å². The first-order valence-electron chi connectivity index (χ1n) is 6.79. The number of benzene rings is 1. The molecule has 0 saturated carbocycles. The maximum Gasteiger partial charge on any atom is 0.119 e. The Kier molecular flexibility index (Phi) is 5.44. The Morgan fingerprint density at radius 2 is 2.05 bits per heavy atom. The number of rotatable bonds is 8. The van der Waals surface area contributed by atoms with Gasteiger partial charge >= 0.3 is 0 Å². The molecular weight excluding hydrogens is 238 g/mol. The van der Waals surface area contributed by atoms with E-state index in [9.17, 15) is 0 Å². The molecule has 0 bridgehead atoms. The van der Waals surface area contributed by atoms with Crippen LogP contribution in [-0.4, -0.2) is 22.9 Å². The van der Waals surface area contributed by atoms with Crippen LogP contribution in [0, 0.1) is 0 Å². The van der Waals surface area contributed by atoms with E-state index in [-0.39, 0.29) is 0 Å². The van der Waals surface area contributed by atoms with E-state index in [2.05, 4.69) is 23.4 Å². The third-order valence-electron chi connectivity index (χ3n) is 2.84. The predicted molar refractivity (Wildman–Crippen MR) is 76.2 cm³/mol. The summed E-state index contributed by atoms with van der Waals surface area (Å²) in [5.74, 6) is 0.917. The maximum absolute atomic E-state index is 5.62. The molecular formula is C15H21N3O. The fourth-order valence-electron chi connectivity index (χ4n) is 1.90. The van der Waals surface area contributed by atoms with Gasteiger partial charge in [-0.3, -0.25) is 4.68 Å². The lowest BCUT2D eigenvalue weighted by molar-refractivity contribution is 0.312. The van der Waals surface area contributed by atoms with E-state index in [0.29, 0.717) is 6.61 Å². The highest BCUT2D eigenvalue weighted by atomic mass is 16.5. The van der Waals surface area contributed by atoms with Gasteiger partial charge < -0.3 is 10.1 Å². The number of nitrogens with zero attached hydrogens (tertiary/aromatic N) is 2. The Morgan fingerprint density at radius 3 is 2.84 bits per heavy atom. The van der Waals surface area contributed by atoms with Crippen molar-refractivity contribution in [1.29, 1.82) is 0 Å². The molecule has 19 heavy (non-hydrogen) atoms. The van der Waals surface area contributed by atoms with Gasteiger partial charge in [-0.25, -0.2) is 0 Å². The molecule has 0 unspecified atom stereocenters. The summed E-state index contributed by atoms with van der Waals surface area (Å²) in [6, 6.07) is 11.9. The van der Waals surface area contributed by atoms with Crippen molar-refractivity contribution in [2.45, 2.75) is 26.4 Å². The zero-order chi connectivity index (χ0) is 13.3. The highest BCUT2D eigenvalue weighted by Crippen LogP contribution is 2.07. The van der Waals surface area contributed by atoms with Crippen molar-refractivity contribution in [1.82, 2.24) is 15.1 Å². The molecule has 2 rings (SSSR count). The average Bonchev–Trinajstić information content (AvgIpc) is 2.88. The van der Waals surface area contributed by atoms with Gasteiger partial charge in [0, 0.05) is 25.8 Å². The van der Waals surface area contributed by atoms with Crippen LogP contribution in [0.4, 0.5) is 0 Å². The fraction of sp³-hybridized carbons (Fsp3) is 0.400. The van der Waals surface area contributed by atoms with Crippen molar-refractivity contribution in [2.24, 2.45) is 0 Å². The Balaban J connectivity index is 1.65. The number of nitrogens with one attached hydrogen (secondary N) is 1. The summed E-state index contributed by atoms with van der Waals surface area (Å²) >= 11 is 0. The van der Waals surface area contributed by atoms with Crippen LogP contribution >= 0.6 is 0 Å². The highest BCUT2D eigenvalue weighted by molar-refractivity contribution is 5.20. The number of hydrogen-bond donors (Lipinski definition) is 1. The molecule has 4 heteroatoms. The number of para-hydroxylation sites is 1. The lowest BCUT2D eigenvalue weighted by atomic mass is 10.3. The van der Waals surface area contributed by atoms with Crippen LogP contribution in [0.15, 0.2) is 42.6 Å². The van der Waals surface area contributed by atoms with Crippen LogP contribution in [0.5, 0.6) is 5.75 Å². The SMILES string of the molecule is CCCn1nccc1CNCCOc1ccccc1. The third kappa shape index (κ3) is 4.41. The van der Waals surface area contributed by atoms with Crippen molar-refractivity contribution in [3.8, 4) is 5.75 Å². The normalized spacial score (nSPS) is 10.6. The van der Waals surface area contributed by atoms with Gasteiger partial charge in [-0.15, -0.1) is 0 Å². The summed E-state index contributed by atoms with van der Waals surface area (Å²) in [4.78, 5) is 0. The Morgan fingerprint density at radius 1 is 1.21 bits per heavy atom. The van der Waals surface area contributed by atoms with Crippen LogP contribution in [0.1, 0.15) is 19.0 Å². The summed E-state index contributed by atoms with van der Waals surface area (Å²) in [6.07, 6.45) is 2.96. The average molecular weight is 259 g/mol. The number of hydrogen-bond acceptors (Lipinski definition) is 3. The van der Waals surface area contributed by atoms with Gasteiger partial charge in [0.2, 0.25) is 0 Å². The number of aromatic nitrogens is 2. The molecule has 0 aliphatic heterocycles. The Hall–Kier alpha value is -1.81. The minimum Gasteiger partial charge on any atom is -0.492 e. The minimum absolute atomic E-state index is 0.673. The monoisotopic (exact) mass is 259 g/mol. The number of aryl methyl sites for hydroxylation is 1. The van der Waals surface area contributed by atoms with Gasteiger partial charge in [-0.1, -0.05) is 25.1 Å². The molecule has 1 aromatic carbocycles. The second kappa shape index (κ2) is 7.59. The summed E-state index contributed by atoms with van der Waals surface area (Å²) in [6.45, 7) is 5.47. The first-order chi connectivity index (χ1) is 9.40. The van der Waals surface area contributed by atoms with Crippen LogP contribution in [0.2, 0.25) is 0 Å². The molecule has 1 heterocycles. The molecule has 1 aromatic heterocycles. The molecule has 0 aliphatic carbocycles. The first kappa shape index (κ1) is 13.6. The molecule has 0 atom stereocenters. The Labute approximate surface area is 114 Å². The molecule has 0 aliphatic rings. The molecule has 102 valence electrons. The van der Waals surface area contributed by atoms with Crippen molar-refractivity contribution in [3.05, 3.63) is 48.3 Å². The summed E-state index contributed by atoms with van der Waals surface area (Å²) < 4.78 is 7.66. The standard InChI is InChI=1S/C15H21N3O/c1-2-11-18-14(8-9-17-18)13-16-10-12-19-15-6-4-3-5-7-15/h3-9,16H,2,10-13H2,1H3. The zero-order valence-electron chi connectivity index (χ0n) is 11.4. The van der Waals surface area contributed by atoms with Gasteiger partial charge in [0.1, 0.15) is 12.4 Å². The largest absolute Gasteiger partial charge is 0.492 e. The van der Waals surface area contributed by atoms with E-state index in [1.807, 2.05) is 41.2 Å². The minimum atomic E-state index is 0.673. The van der Waals surface area contributed by atoms with E-state index in [4.69, 9.17) is 4.74 Å². The van der Waals surface area contributed by atoms with Gasteiger partial charge in [0.25, 0.3) is 0 Å². The van der Waals surface area contributed by atoms with Gasteiger partial charge in [0.15, 0.2) is 0 Å². The molecule has 0 spiro atoms. The highest BCUT2D eigenvalue weighted by Gasteiger charge is 2.00. The molecule has 0 amide bonds. The van der Waals surface area contributed by atoms with Gasteiger partial charge in [0.05, 0.1) is 5.69 Å². The Bertz CT molecular complexity index is 467. The van der Waals surface area contributed by atoms with Crippen LogP contribution < -0.4 is 10.1 Å². The lowest BCUT2D eigenvalue weighted by Gasteiger charge is -2.09. The molecule has 2 aromatic rings. The third-order valence-corrected chi connectivity index (χ3v) is 2.84. The molecule has 4 nitrogen and oxygen atoms in total. The summed E-state index contributed by atoms with van der Waals surface area (Å²) in [5.41, 5.74) is 1.22. The maximum atomic E-state index is 5.62. The van der Waals surface area contributed by atoms with Crippen LogP contribution in [0.3, 0.4) is 0 Å². The quantitative estimate of drug-likeness (QED) is 0.740. The van der Waals surface area contributed by atoms with E-state index >= 15 is 0 Å². The van der Waals surface area contributed by atoms with Gasteiger partial charge in [-0.05, 0) is 24.6 Å². The van der Waals surface area contributed by atoms with E-state index < -0.39 is 0 Å².